The van der Waals surface area contributed by atoms with Crippen LogP contribution in [0.4, 0.5) is 13.2 Å². The van der Waals surface area contributed by atoms with Crippen LogP contribution in [0, 0.1) is 17.5 Å². The molecule has 0 heterocycles. The van der Waals surface area contributed by atoms with Crippen LogP contribution >= 0.6 is 0 Å². The summed E-state index contributed by atoms with van der Waals surface area (Å²) in [4.78, 5) is 11.3. The Morgan fingerprint density at radius 3 is 2.56 bits per heavy atom. The molecule has 0 spiro atoms. The van der Waals surface area contributed by atoms with Gasteiger partial charge in [-0.1, -0.05) is 13.3 Å². The van der Waals surface area contributed by atoms with E-state index in [0.717, 1.165) is 12.5 Å². The summed E-state index contributed by atoms with van der Waals surface area (Å²) < 4.78 is 43.1. The van der Waals surface area contributed by atoms with Gasteiger partial charge in [0.25, 0.3) is 0 Å². The van der Waals surface area contributed by atoms with Gasteiger partial charge in [-0.25, -0.2) is 18.0 Å². The highest BCUT2D eigenvalue weighted by Gasteiger charge is 2.19. The highest BCUT2D eigenvalue weighted by atomic mass is 19.2. The van der Waals surface area contributed by atoms with Crippen LogP contribution < -0.4 is 0 Å². The van der Waals surface area contributed by atoms with Gasteiger partial charge < -0.3 is 4.74 Å². The molecule has 2 nitrogen and oxygen atoms in total. The molecule has 88 valence electrons. The van der Waals surface area contributed by atoms with Crippen molar-refractivity contribution in [2.45, 2.75) is 19.8 Å². The smallest absolute Gasteiger partial charge is 0.341 e. The van der Waals surface area contributed by atoms with E-state index in [9.17, 15) is 18.0 Å². The predicted octanol–water partition coefficient (Wildman–Crippen LogP) is 3.06. The zero-order valence-electron chi connectivity index (χ0n) is 8.73. The fraction of sp³-hybridized carbons (Fsp3) is 0.364. The van der Waals surface area contributed by atoms with E-state index in [0.29, 0.717) is 12.5 Å². The van der Waals surface area contributed by atoms with Crippen molar-refractivity contribution in [3.05, 3.63) is 35.1 Å². The van der Waals surface area contributed by atoms with Crippen molar-refractivity contribution in [2.24, 2.45) is 0 Å². The third-order valence-corrected chi connectivity index (χ3v) is 1.99. The average molecular weight is 232 g/mol. The van der Waals surface area contributed by atoms with Crippen LogP contribution in [0.3, 0.4) is 0 Å². The quantitative estimate of drug-likeness (QED) is 0.453. The van der Waals surface area contributed by atoms with Crippen molar-refractivity contribution in [1.29, 1.82) is 0 Å². The molecule has 1 aromatic rings. The molecule has 0 aromatic heterocycles. The molecule has 0 radical (unpaired) electrons. The maximum absolute atomic E-state index is 13.1. The Morgan fingerprint density at radius 2 is 1.94 bits per heavy atom. The van der Waals surface area contributed by atoms with Crippen molar-refractivity contribution >= 4 is 5.97 Å². The highest BCUT2D eigenvalue weighted by molar-refractivity contribution is 5.89. The molecule has 0 saturated heterocycles. The summed E-state index contributed by atoms with van der Waals surface area (Å²) in [6.07, 6.45) is 1.45. The molecule has 1 rings (SSSR count). The number of unbranched alkanes of at least 4 members (excludes halogenated alkanes) is 1. The molecule has 0 bridgehead atoms. The summed E-state index contributed by atoms with van der Waals surface area (Å²) in [5, 5.41) is 0. The molecule has 0 atom stereocenters. The summed E-state index contributed by atoms with van der Waals surface area (Å²) in [5.41, 5.74) is -0.588. The minimum absolute atomic E-state index is 0.133. The molecule has 0 fully saturated rings. The Bertz CT molecular complexity index is 391. The third-order valence-electron chi connectivity index (χ3n) is 1.99. The second kappa shape index (κ2) is 5.53. The molecular weight excluding hydrogens is 221 g/mol. The second-order valence-electron chi connectivity index (χ2n) is 3.21. The molecule has 0 aliphatic heterocycles. The van der Waals surface area contributed by atoms with E-state index < -0.39 is 29.0 Å². The van der Waals surface area contributed by atoms with Crippen LogP contribution in [-0.2, 0) is 4.74 Å². The lowest BCUT2D eigenvalue weighted by atomic mass is 10.2. The van der Waals surface area contributed by atoms with Crippen LogP contribution in [0.2, 0.25) is 0 Å². The lowest BCUT2D eigenvalue weighted by Gasteiger charge is -2.05. The number of benzene rings is 1. The fourth-order valence-corrected chi connectivity index (χ4v) is 1.07. The minimum Gasteiger partial charge on any atom is -0.462 e. The van der Waals surface area contributed by atoms with Gasteiger partial charge in [0.1, 0.15) is 0 Å². The van der Waals surface area contributed by atoms with Crippen LogP contribution in [0.25, 0.3) is 0 Å². The molecule has 0 amide bonds. The Morgan fingerprint density at radius 1 is 1.25 bits per heavy atom. The molecular formula is C11H11F3O2. The van der Waals surface area contributed by atoms with E-state index in [4.69, 9.17) is 0 Å². The van der Waals surface area contributed by atoms with E-state index in [2.05, 4.69) is 4.74 Å². The molecule has 0 aliphatic rings. The number of esters is 1. The second-order valence-corrected chi connectivity index (χ2v) is 3.21. The topological polar surface area (TPSA) is 26.3 Å². The molecule has 1 aromatic carbocycles. The number of rotatable bonds is 4. The lowest BCUT2D eigenvalue weighted by Crippen LogP contribution is -2.10. The number of carbonyl (C=O) groups excluding carboxylic acids is 1. The summed E-state index contributed by atoms with van der Waals surface area (Å²) in [7, 11) is 0. The number of ether oxygens (including phenoxy) is 1. The summed E-state index contributed by atoms with van der Waals surface area (Å²) in [6.45, 7) is 2.03. The van der Waals surface area contributed by atoms with Crippen molar-refractivity contribution in [2.75, 3.05) is 6.61 Å². The van der Waals surface area contributed by atoms with Gasteiger partial charge >= 0.3 is 5.97 Å². The monoisotopic (exact) mass is 232 g/mol. The fourth-order valence-electron chi connectivity index (χ4n) is 1.07. The lowest BCUT2D eigenvalue weighted by molar-refractivity contribution is 0.0493. The van der Waals surface area contributed by atoms with E-state index >= 15 is 0 Å². The summed E-state index contributed by atoms with van der Waals surface area (Å²) in [6, 6.07) is 1.55. The van der Waals surface area contributed by atoms with Gasteiger partial charge in [0.2, 0.25) is 0 Å². The first kappa shape index (κ1) is 12.5. The zero-order chi connectivity index (χ0) is 12.1. The highest BCUT2D eigenvalue weighted by Crippen LogP contribution is 2.16. The van der Waals surface area contributed by atoms with Crippen molar-refractivity contribution in [3.8, 4) is 0 Å². The number of carbonyl (C=O) groups is 1. The van der Waals surface area contributed by atoms with Crippen molar-refractivity contribution in [1.82, 2.24) is 0 Å². The van der Waals surface area contributed by atoms with Crippen LogP contribution in [-0.4, -0.2) is 12.6 Å². The van der Waals surface area contributed by atoms with Crippen molar-refractivity contribution < 1.29 is 22.7 Å². The van der Waals surface area contributed by atoms with E-state index in [-0.39, 0.29) is 6.61 Å². The van der Waals surface area contributed by atoms with Gasteiger partial charge in [0.05, 0.1) is 12.2 Å². The number of hydrogen-bond acceptors (Lipinski definition) is 2. The largest absolute Gasteiger partial charge is 0.462 e. The van der Waals surface area contributed by atoms with Gasteiger partial charge in [0, 0.05) is 0 Å². The minimum atomic E-state index is -1.66. The van der Waals surface area contributed by atoms with Crippen LogP contribution in [0.15, 0.2) is 12.1 Å². The zero-order valence-corrected chi connectivity index (χ0v) is 8.73. The summed E-state index contributed by atoms with van der Waals surface area (Å²) in [5.74, 6) is -5.49. The molecule has 0 saturated carbocycles. The van der Waals surface area contributed by atoms with Gasteiger partial charge in [-0.05, 0) is 18.6 Å². The van der Waals surface area contributed by atoms with E-state index in [1.54, 1.807) is 0 Å². The predicted molar refractivity (Wildman–Crippen MR) is 51.5 cm³/mol. The molecule has 0 N–H and O–H groups in total. The van der Waals surface area contributed by atoms with Gasteiger partial charge in [-0.2, -0.15) is 0 Å². The van der Waals surface area contributed by atoms with E-state index in [1.807, 2.05) is 6.92 Å². The maximum atomic E-state index is 13.1. The van der Waals surface area contributed by atoms with Gasteiger partial charge in [-0.15, -0.1) is 0 Å². The van der Waals surface area contributed by atoms with E-state index in [1.165, 1.54) is 0 Å². The SMILES string of the molecule is CCCCOC(=O)c1ccc(F)c(F)c1F. The Labute approximate surface area is 91.0 Å². The number of halogens is 3. The summed E-state index contributed by atoms with van der Waals surface area (Å²) >= 11 is 0. The third kappa shape index (κ3) is 2.74. The van der Waals surface area contributed by atoms with Crippen LogP contribution in [0.1, 0.15) is 30.1 Å². The van der Waals surface area contributed by atoms with Crippen LogP contribution in [0.5, 0.6) is 0 Å². The normalized spacial score (nSPS) is 10.2. The maximum Gasteiger partial charge on any atom is 0.341 e. The Kier molecular flexibility index (Phi) is 4.34. The first-order valence-corrected chi connectivity index (χ1v) is 4.88. The first-order valence-electron chi connectivity index (χ1n) is 4.88. The molecule has 0 unspecified atom stereocenters. The Hall–Kier alpha value is -1.52. The van der Waals surface area contributed by atoms with Gasteiger partial charge in [-0.3, -0.25) is 0 Å². The molecule has 0 aliphatic carbocycles. The average Bonchev–Trinajstić information content (AvgIpc) is 2.26. The molecule has 5 heteroatoms. The standard InChI is InChI=1S/C11H11F3O2/c1-2-3-6-16-11(15)7-4-5-8(12)10(14)9(7)13/h4-5H,2-3,6H2,1H3. The number of hydrogen-bond donors (Lipinski definition) is 0. The molecule has 16 heavy (non-hydrogen) atoms. The Balaban J connectivity index is 2.80. The first-order chi connectivity index (χ1) is 7.57. The van der Waals surface area contributed by atoms with Gasteiger partial charge in [0.15, 0.2) is 17.5 Å². The van der Waals surface area contributed by atoms with Crippen molar-refractivity contribution in [3.63, 3.8) is 0 Å².